The number of amides is 3. The predicted octanol–water partition coefficient (Wildman–Crippen LogP) is 0.00200. The van der Waals surface area contributed by atoms with Crippen molar-refractivity contribution in [3.8, 4) is 0 Å². The molecule has 3 amide bonds. The van der Waals surface area contributed by atoms with Crippen molar-refractivity contribution in [3.63, 3.8) is 0 Å². The van der Waals surface area contributed by atoms with Gasteiger partial charge in [-0.1, -0.05) is 55.0 Å². The Kier molecular flexibility index (Phi) is 14.0. The van der Waals surface area contributed by atoms with E-state index < -0.39 is 47.9 Å². The Labute approximate surface area is 267 Å². The second-order valence-electron chi connectivity index (χ2n) is 11.1. The highest BCUT2D eigenvalue weighted by Gasteiger charge is 2.31. The Bertz CT molecular complexity index is 1470. The molecule has 14 nitrogen and oxygen atoms in total. The highest BCUT2D eigenvalue weighted by Crippen LogP contribution is 2.19. The van der Waals surface area contributed by atoms with Crippen molar-refractivity contribution in [1.82, 2.24) is 20.9 Å². The molecule has 0 aliphatic carbocycles. The molecule has 0 radical (unpaired) electrons. The van der Waals surface area contributed by atoms with E-state index in [1.807, 2.05) is 30.3 Å². The number of nitrogens with one attached hydrogen (secondary N) is 4. The molecule has 4 unspecified atom stereocenters. The topological polar surface area (TPSA) is 257 Å². The van der Waals surface area contributed by atoms with Gasteiger partial charge in [0, 0.05) is 36.5 Å². The molecule has 0 aliphatic heterocycles. The van der Waals surface area contributed by atoms with E-state index in [4.69, 9.17) is 22.9 Å². The van der Waals surface area contributed by atoms with Gasteiger partial charge in [0.25, 0.3) is 0 Å². The van der Waals surface area contributed by atoms with Crippen LogP contribution in [0.25, 0.3) is 10.9 Å². The van der Waals surface area contributed by atoms with Crippen LogP contribution in [-0.2, 0) is 32.0 Å². The minimum Gasteiger partial charge on any atom is -0.480 e. The van der Waals surface area contributed by atoms with Crippen LogP contribution in [0.15, 0.2) is 65.8 Å². The third-order valence-electron chi connectivity index (χ3n) is 7.51. The number of benzene rings is 2. The summed E-state index contributed by atoms with van der Waals surface area (Å²) in [4.78, 5) is 59.6. The zero-order valence-electron chi connectivity index (χ0n) is 25.8. The number of unbranched alkanes of at least 4 members (excludes halogenated alkanes) is 1. The molecule has 3 rings (SSSR count). The van der Waals surface area contributed by atoms with E-state index in [1.54, 1.807) is 30.5 Å². The van der Waals surface area contributed by atoms with Crippen molar-refractivity contribution < 1.29 is 24.3 Å². The molecule has 0 aliphatic rings. The van der Waals surface area contributed by atoms with Gasteiger partial charge in [0.2, 0.25) is 17.7 Å². The van der Waals surface area contributed by atoms with Gasteiger partial charge in [0.1, 0.15) is 18.1 Å². The highest BCUT2D eigenvalue weighted by molar-refractivity contribution is 5.95. The van der Waals surface area contributed by atoms with Crippen LogP contribution in [0.3, 0.4) is 0 Å². The molecule has 1 heterocycles. The predicted molar refractivity (Wildman–Crippen MR) is 176 cm³/mol. The fourth-order valence-corrected chi connectivity index (χ4v) is 5.02. The zero-order valence-corrected chi connectivity index (χ0v) is 25.8. The molecule has 2 aromatic carbocycles. The molecular formula is C32H45N9O5. The van der Waals surface area contributed by atoms with Crippen LogP contribution in [0.2, 0.25) is 0 Å². The number of aromatic nitrogens is 1. The van der Waals surface area contributed by atoms with E-state index in [0.717, 1.165) is 22.0 Å². The smallest absolute Gasteiger partial charge is 0.326 e. The molecule has 4 atom stereocenters. The number of nitrogens with two attached hydrogens (primary N) is 4. The second-order valence-corrected chi connectivity index (χ2v) is 11.1. The fraction of sp³-hybridized carbons (Fsp3) is 0.406. The molecule has 0 saturated heterocycles. The third-order valence-corrected chi connectivity index (χ3v) is 7.51. The van der Waals surface area contributed by atoms with Crippen molar-refractivity contribution in [2.24, 2.45) is 27.9 Å². The largest absolute Gasteiger partial charge is 0.480 e. The van der Waals surface area contributed by atoms with Crippen LogP contribution in [-0.4, -0.2) is 77.0 Å². The number of carbonyl (C=O) groups is 4. The Balaban J connectivity index is 1.84. The van der Waals surface area contributed by atoms with Crippen LogP contribution >= 0.6 is 0 Å². The number of para-hydroxylation sites is 1. The van der Waals surface area contributed by atoms with E-state index >= 15 is 0 Å². The maximum atomic E-state index is 13.7. The van der Waals surface area contributed by atoms with E-state index in [0.29, 0.717) is 32.2 Å². The lowest BCUT2D eigenvalue weighted by molar-refractivity contribution is -0.142. The summed E-state index contributed by atoms with van der Waals surface area (Å²) in [6.45, 7) is 0.682. The number of carboxylic acid groups (broad SMARTS) is 1. The quantitative estimate of drug-likeness (QED) is 0.0487. The summed E-state index contributed by atoms with van der Waals surface area (Å²) in [6.07, 6.45) is 4.06. The molecule has 46 heavy (non-hydrogen) atoms. The lowest BCUT2D eigenvalue weighted by Crippen LogP contribution is -2.57. The van der Waals surface area contributed by atoms with Crippen molar-refractivity contribution in [2.45, 2.75) is 69.1 Å². The molecule has 0 bridgehead atoms. The van der Waals surface area contributed by atoms with E-state index in [1.165, 1.54) is 0 Å². The van der Waals surface area contributed by atoms with Gasteiger partial charge in [-0.2, -0.15) is 0 Å². The standard InChI is InChI=1S/C32H45N9O5/c33-15-7-6-12-23(34)28(42)39-25(14-8-16-37-32(35)36)29(43)40-26(18-21-19-38-24-13-5-4-11-22(21)24)30(44)41-27(31(45)46)17-20-9-2-1-3-10-20/h1-5,9-11,13,19,23,25-27,38H,6-8,12,14-18,33-34H2,(H,39,42)(H,40,43)(H,41,44)(H,45,46)(H4,35,36,37). The molecule has 1 aromatic heterocycles. The maximum Gasteiger partial charge on any atom is 0.326 e. The third kappa shape index (κ3) is 11.2. The van der Waals surface area contributed by atoms with E-state index in [9.17, 15) is 24.3 Å². The second kappa shape index (κ2) is 18.1. The fourth-order valence-electron chi connectivity index (χ4n) is 5.02. The van der Waals surface area contributed by atoms with Crippen molar-refractivity contribution >= 4 is 40.6 Å². The summed E-state index contributed by atoms with van der Waals surface area (Å²) in [5.74, 6) is -3.17. The first-order valence-corrected chi connectivity index (χ1v) is 15.3. The minimum absolute atomic E-state index is 0.0428. The van der Waals surface area contributed by atoms with Gasteiger partial charge in [-0.05, 0) is 49.4 Å². The monoisotopic (exact) mass is 635 g/mol. The molecule has 0 spiro atoms. The first-order valence-electron chi connectivity index (χ1n) is 15.3. The number of carboxylic acids is 1. The summed E-state index contributed by atoms with van der Waals surface area (Å²) in [7, 11) is 0. The normalized spacial score (nSPS) is 13.6. The van der Waals surface area contributed by atoms with Crippen LogP contribution in [0.5, 0.6) is 0 Å². The number of aromatic amines is 1. The summed E-state index contributed by atoms with van der Waals surface area (Å²) < 4.78 is 0. The minimum atomic E-state index is -1.25. The van der Waals surface area contributed by atoms with Gasteiger partial charge < -0.3 is 49.0 Å². The Morgan fingerprint density at radius 3 is 2.13 bits per heavy atom. The van der Waals surface area contributed by atoms with Crippen molar-refractivity contribution in [2.75, 3.05) is 13.1 Å². The molecule has 248 valence electrons. The van der Waals surface area contributed by atoms with Gasteiger partial charge in [0.05, 0.1) is 6.04 Å². The van der Waals surface area contributed by atoms with Crippen LogP contribution in [0.4, 0.5) is 0 Å². The van der Waals surface area contributed by atoms with Gasteiger partial charge >= 0.3 is 5.97 Å². The molecular weight excluding hydrogens is 590 g/mol. The highest BCUT2D eigenvalue weighted by atomic mass is 16.4. The van der Waals surface area contributed by atoms with Crippen LogP contribution in [0, 0.1) is 0 Å². The zero-order chi connectivity index (χ0) is 33.5. The number of fused-ring (bicyclic) bond motifs is 1. The number of hydrogen-bond donors (Lipinski definition) is 9. The summed E-state index contributed by atoms with van der Waals surface area (Å²) in [5, 5.41) is 18.8. The Morgan fingerprint density at radius 1 is 0.783 bits per heavy atom. The molecule has 3 aromatic rings. The number of H-pyrrole nitrogens is 1. The Morgan fingerprint density at radius 2 is 1.43 bits per heavy atom. The number of aliphatic imine (C=N–C) groups is 1. The number of carbonyl (C=O) groups excluding carboxylic acids is 3. The number of nitrogens with zero attached hydrogens (tertiary/aromatic N) is 1. The lowest BCUT2D eigenvalue weighted by atomic mass is 10.0. The first-order chi connectivity index (χ1) is 22.1. The number of guanidine groups is 1. The number of rotatable bonds is 19. The number of aliphatic carboxylic acids is 1. The van der Waals surface area contributed by atoms with E-state index in [2.05, 4.69) is 25.9 Å². The van der Waals surface area contributed by atoms with Crippen molar-refractivity contribution in [3.05, 3.63) is 71.9 Å². The number of hydrogen-bond acceptors (Lipinski definition) is 7. The average molecular weight is 636 g/mol. The van der Waals surface area contributed by atoms with Gasteiger partial charge in [-0.15, -0.1) is 0 Å². The maximum absolute atomic E-state index is 13.7. The van der Waals surface area contributed by atoms with Gasteiger partial charge in [0.15, 0.2) is 5.96 Å². The van der Waals surface area contributed by atoms with Gasteiger partial charge in [-0.3, -0.25) is 19.4 Å². The summed E-state index contributed by atoms with van der Waals surface area (Å²) in [6, 6.07) is 12.0. The molecule has 14 heteroatoms. The first kappa shape index (κ1) is 35.5. The van der Waals surface area contributed by atoms with E-state index in [-0.39, 0.29) is 31.8 Å². The SMILES string of the molecule is NCCCCC(N)C(=O)NC(CCCN=C(N)N)C(=O)NC(Cc1c[nH]c2ccccc12)C(=O)NC(Cc1ccccc1)C(=O)O. The summed E-state index contributed by atoms with van der Waals surface area (Å²) in [5.41, 5.74) is 24.8. The van der Waals surface area contributed by atoms with Gasteiger partial charge in [-0.25, -0.2) is 4.79 Å². The average Bonchev–Trinajstić information content (AvgIpc) is 3.44. The Hall–Kier alpha value is -4.95. The summed E-state index contributed by atoms with van der Waals surface area (Å²) >= 11 is 0. The van der Waals surface area contributed by atoms with Crippen LogP contribution < -0.4 is 38.9 Å². The van der Waals surface area contributed by atoms with Crippen LogP contribution in [0.1, 0.15) is 43.2 Å². The molecule has 0 saturated carbocycles. The lowest BCUT2D eigenvalue weighted by Gasteiger charge is -2.25. The van der Waals surface area contributed by atoms with Crippen molar-refractivity contribution in [1.29, 1.82) is 0 Å². The molecule has 13 N–H and O–H groups in total. The molecule has 0 fully saturated rings.